The number of hydrogen-bond donors (Lipinski definition) is 1. The van der Waals surface area contributed by atoms with E-state index in [0.717, 1.165) is 41.4 Å². The van der Waals surface area contributed by atoms with E-state index in [4.69, 9.17) is 4.42 Å². The molecule has 0 aliphatic heterocycles. The summed E-state index contributed by atoms with van der Waals surface area (Å²) in [6.07, 6.45) is 4.77. The molecule has 0 atom stereocenters. The number of amides is 1. The highest BCUT2D eigenvalue weighted by Gasteiger charge is 2.39. The van der Waals surface area contributed by atoms with Crippen LogP contribution in [0.25, 0.3) is 11.3 Å². The summed E-state index contributed by atoms with van der Waals surface area (Å²) in [4.78, 5) is 16.7. The Morgan fingerprint density at radius 3 is 2.72 bits per heavy atom. The van der Waals surface area contributed by atoms with E-state index in [1.165, 1.54) is 12.3 Å². The van der Waals surface area contributed by atoms with Crippen LogP contribution in [-0.2, 0) is 16.8 Å². The third-order valence-corrected chi connectivity index (χ3v) is 5.77. The molecule has 29 heavy (non-hydrogen) atoms. The topological polar surface area (TPSA) is 55.1 Å². The van der Waals surface area contributed by atoms with Crippen LogP contribution in [0.2, 0.25) is 0 Å². The fourth-order valence-electron chi connectivity index (χ4n) is 3.59. The summed E-state index contributed by atoms with van der Waals surface area (Å²) in [6.45, 7) is 0. The third kappa shape index (κ3) is 4.24. The third-order valence-electron chi connectivity index (χ3n) is 5.28. The highest BCUT2D eigenvalue weighted by molar-refractivity contribution is 9.10. The Bertz CT molecular complexity index is 1050. The van der Waals surface area contributed by atoms with Crippen molar-refractivity contribution >= 4 is 21.8 Å². The van der Waals surface area contributed by atoms with Gasteiger partial charge in [0.15, 0.2) is 11.7 Å². The minimum Gasteiger partial charge on any atom is -0.441 e. The van der Waals surface area contributed by atoms with Gasteiger partial charge in [-0.25, -0.2) is 13.8 Å². The molecule has 1 amide bonds. The van der Waals surface area contributed by atoms with Gasteiger partial charge in [-0.1, -0.05) is 28.1 Å². The second kappa shape index (κ2) is 8.06. The standard InChI is InChI=1S/C22H19BrF2N2O2/c23-15-4-1-3-14(11-15)22(9-2-10-22)27-20(28)7-8-21-26-13-19(29-21)17-6-5-16(24)12-18(17)25/h1,3-6,11-13H,2,7-10H2,(H,27,28). The lowest BCUT2D eigenvalue weighted by atomic mass is 9.71. The Balaban J connectivity index is 1.39. The van der Waals surface area contributed by atoms with E-state index in [2.05, 4.69) is 26.2 Å². The summed E-state index contributed by atoms with van der Waals surface area (Å²) >= 11 is 3.49. The van der Waals surface area contributed by atoms with E-state index in [-0.39, 0.29) is 29.2 Å². The molecule has 1 heterocycles. The molecule has 0 unspecified atom stereocenters. The number of hydrogen-bond acceptors (Lipinski definition) is 3. The molecular weight excluding hydrogens is 442 g/mol. The average molecular weight is 461 g/mol. The smallest absolute Gasteiger partial charge is 0.221 e. The number of benzene rings is 2. The molecular formula is C22H19BrF2N2O2. The fraction of sp³-hybridized carbons (Fsp3) is 0.273. The fourth-order valence-corrected chi connectivity index (χ4v) is 3.99. The van der Waals surface area contributed by atoms with Crippen LogP contribution in [0.1, 0.15) is 37.1 Å². The molecule has 4 rings (SSSR count). The molecule has 1 aliphatic carbocycles. The second-order valence-corrected chi connectivity index (χ2v) is 8.15. The summed E-state index contributed by atoms with van der Waals surface area (Å²) in [7, 11) is 0. The highest BCUT2D eigenvalue weighted by Crippen LogP contribution is 2.42. The van der Waals surface area contributed by atoms with Crippen LogP contribution in [0.4, 0.5) is 8.78 Å². The van der Waals surface area contributed by atoms with Gasteiger partial charge in [-0.3, -0.25) is 4.79 Å². The molecule has 1 aromatic heterocycles. The number of oxazole rings is 1. The minimum absolute atomic E-state index is 0.0858. The number of carbonyl (C=O) groups excluding carboxylic acids is 1. The highest BCUT2D eigenvalue weighted by atomic mass is 79.9. The SMILES string of the molecule is O=C(CCc1ncc(-c2ccc(F)cc2F)o1)NC1(c2cccc(Br)c2)CCC1. The molecule has 1 saturated carbocycles. The average Bonchev–Trinajstić information content (AvgIpc) is 3.12. The monoisotopic (exact) mass is 460 g/mol. The lowest BCUT2D eigenvalue weighted by Crippen LogP contribution is -2.50. The number of rotatable bonds is 6. The van der Waals surface area contributed by atoms with Crippen LogP contribution in [0.3, 0.4) is 0 Å². The van der Waals surface area contributed by atoms with Crippen LogP contribution < -0.4 is 5.32 Å². The lowest BCUT2D eigenvalue weighted by Gasteiger charge is -2.43. The van der Waals surface area contributed by atoms with Gasteiger partial charge in [0.25, 0.3) is 0 Å². The van der Waals surface area contributed by atoms with Crippen molar-refractivity contribution in [2.24, 2.45) is 0 Å². The van der Waals surface area contributed by atoms with Crippen LogP contribution in [0.15, 0.2) is 57.6 Å². The molecule has 7 heteroatoms. The van der Waals surface area contributed by atoms with E-state index >= 15 is 0 Å². The number of carbonyl (C=O) groups is 1. The van der Waals surface area contributed by atoms with Crippen LogP contribution in [0, 0.1) is 11.6 Å². The van der Waals surface area contributed by atoms with Gasteiger partial charge >= 0.3 is 0 Å². The zero-order valence-electron chi connectivity index (χ0n) is 15.6. The van der Waals surface area contributed by atoms with E-state index in [1.54, 1.807) is 0 Å². The van der Waals surface area contributed by atoms with E-state index in [0.29, 0.717) is 12.3 Å². The first-order valence-corrected chi connectivity index (χ1v) is 10.2. The first-order valence-electron chi connectivity index (χ1n) is 9.42. The van der Waals surface area contributed by atoms with Crippen molar-refractivity contribution in [2.75, 3.05) is 0 Å². The van der Waals surface area contributed by atoms with Gasteiger partial charge in [-0.15, -0.1) is 0 Å². The molecule has 2 aromatic carbocycles. The van der Waals surface area contributed by atoms with Crippen molar-refractivity contribution in [3.63, 3.8) is 0 Å². The molecule has 1 aliphatic rings. The summed E-state index contributed by atoms with van der Waals surface area (Å²) in [5.74, 6) is -0.909. The molecule has 150 valence electrons. The largest absolute Gasteiger partial charge is 0.441 e. The van der Waals surface area contributed by atoms with Crippen LogP contribution in [0.5, 0.6) is 0 Å². The van der Waals surface area contributed by atoms with Crippen molar-refractivity contribution in [1.82, 2.24) is 10.3 Å². The van der Waals surface area contributed by atoms with Crippen molar-refractivity contribution in [2.45, 2.75) is 37.6 Å². The Morgan fingerprint density at radius 1 is 1.21 bits per heavy atom. The van der Waals surface area contributed by atoms with E-state index < -0.39 is 11.6 Å². The van der Waals surface area contributed by atoms with Gasteiger partial charge in [-0.05, 0) is 49.1 Å². The van der Waals surface area contributed by atoms with Crippen molar-refractivity contribution in [1.29, 1.82) is 0 Å². The number of halogens is 3. The van der Waals surface area contributed by atoms with Gasteiger partial charge < -0.3 is 9.73 Å². The van der Waals surface area contributed by atoms with Crippen molar-refractivity contribution in [3.05, 3.63) is 76.2 Å². The predicted molar refractivity (Wildman–Crippen MR) is 108 cm³/mol. The van der Waals surface area contributed by atoms with Gasteiger partial charge in [-0.2, -0.15) is 0 Å². The molecule has 0 spiro atoms. The summed E-state index contributed by atoms with van der Waals surface area (Å²) in [6, 6.07) is 11.3. The predicted octanol–water partition coefficient (Wildman–Crippen LogP) is 5.51. The maximum absolute atomic E-state index is 13.9. The number of nitrogens with zero attached hydrogens (tertiary/aromatic N) is 1. The summed E-state index contributed by atoms with van der Waals surface area (Å²) < 4.78 is 33.5. The maximum Gasteiger partial charge on any atom is 0.221 e. The van der Waals surface area contributed by atoms with E-state index in [9.17, 15) is 13.6 Å². The Hall–Kier alpha value is -2.54. The molecule has 0 saturated heterocycles. The lowest BCUT2D eigenvalue weighted by molar-refractivity contribution is -0.124. The van der Waals surface area contributed by atoms with Crippen LogP contribution >= 0.6 is 15.9 Å². The van der Waals surface area contributed by atoms with E-state index in [1.807, 2.05) is 24.3 Å². The first-order chi connectivity index (χ1) is 13.9. The molecule has 4 nitrogen and oxygen atoms in total. The summed E-state index contributed by atoms with van der Waals surface area (Å²) in [5.41, 5.74) is 0.911. The second-order valence-electron chi connectivity index (χ2n) is 7.24. The molecule has 3 aromatic rings. The van der Waals surface area contributed by atoms with Gasteiger partial charge in [0.05, 0.1) is 17.3 Å². The molecule has 0 bridgehead atoms. The Labute approximate surface area is 175 Å². The van der Waals surface area contributed by atoms with Crippen molar-refractivity contribution < 1.29 is 18.0 Å². The zero-order chi connectivity index (χ0) is 20.4. The zero-order valence-corrected chi connectivity index (χ0v) is 17.1. The maximum atomic E-state index is 13.9. The van der Waals surface area contributed by atoms with Crippen molar-refractivity contribution in [3.8, 4) is 11.3 Å². The number of aromatic nitrogens is 1. The molecule has 0 radical (unpaired) electrons. The Kier molecular flexibility index (Phi) is 5.50. The first kappa shape index (κ1) is 19.8. The molecule has 1 fully saturated rings. The normalized spacial score (nSPS) is 15.0. The summed E-state index contributed by atoms with van der Waals surface area (Å²) in [5, 5.41) is 3.17. The number of aryl methyl sites for hydroxylation is 1. The minimum atomic E-state index is -0.716. The Morgan fingerprint density at radius 2 is 2.03 bits per heavy atom. The van der Waals surface area contributed by atoms with Crippen LogP contribution in [-0.4, -0.2) is 10.9 Å². The number of nitrogens with one attached hydrogen (secondary N) is 1. The van der Waals surface area contributed by atoms with Gasteiger partial charge in [0.1, 0.15) is 11.6 Å². The quantitative estimate of drug-likeness (QED) is 0.527. The molecule has 1 N–H and O–H groups in total. The van der Waals surface area contributed by atoms with Gasteiger partial charge in [0, 0.05) is 23.4 Å². The van der Waals surface area contributed by atoms with Gasteiger partial charge in [0.2, 0.25) is 5.91 Å².